The van der Waals surface area contributed by atoms with Gasteiger partial charge in [-0.1, -0.05) is 25.1 Å². The summed E-state index contributed by atoms with van der Waals surface area (Å²) in [6.45, 7) is 2.08. The largest absolute Gasteiger partial charge is 0.323 e. The number of nitrogens with zero attached hydrogens (tertiary/aromatic N) is 1. The van der Waals surface area contributed by atoms with Crippen LogP contribution in [-0.4, -0.2) is 6.03 Å². The van der Waals surface area contributed by atoms with Crippen LogP contribution in [0.3, 0.4) is 0 Å². The second-order valence-corrected chi connectivity index (χ2v) is 4.32. The molecule has 0 saturated heterocycles. The highest BCUT2D eigenvalue weighted by Gasteiger charge is 2.03. The lowest BCUT2D eigenvalue weighted by Crippen LogP contribution is -2.19. The molecule has 4 heteroatoms. The number of nitriles is 1. The van der Waals surface area contributed by atoms with Crippen LogP contribution in [0.2, 0.25) is 0 Å². The number of hydrogen-bond donors (Lipinski definition) is 2. The normalized spacial score (nSPS) is 9.60. The zero-order valence-corrected chi connectivity index (χ0v) is 11.2. The molecule has 0 aliphatic carbocycles. The summed E-state index contributed by atoms with van der Waals surface area (Å²) < 4.78 is 0. The smallest absolute Gasteiger partial charge is 0.308 e. The molecule has 20 heavy (non-hydrogen) atoms. The van der Waals surface area contributed by atoms with E-state index in [-0.39, 0.29) is 6.03 Å². The lowest BCUT2D eigenvalue weighted by Gasteiger charge is -2.08. The zero-order valence-electron chi connectivity index (χ0n) is 11.2. The standard InChI is InChI=1S/C16H15N3O/c1-2-12-6-8-14(9-7-12)18-16(20)19-15-5-3-4-13(10-15)11-17/h3-10H,2H2,1H3,(H2,18,19,20). The molecule has 0 aliphatic rings. The van der Waals surface area contributed by atoms with Gasteiger partial charge in [-0.2, -0.15) is 5.26 Å². The summed E-state index contributed by atoms with van der Waals surface area (Å²) in [5.74, 6) is 0. The monoisotopic (exact) mass is 265 g/mol. The lowest BCUT2D eigenvalue weighted by atomic mass is 10.1. The number of benzene rings is 2. The molecule has 0 unspecified atom stereocenters. The molecule has 2 aromatic carbocycles. The van der Waals surface area contributed by atoms with E-state index < -0.39 is 0 Å². The molecule has 0 aromatic heterocycles. The van der Waals surface area contributed by atoms with Gasteiger partial charge in [0.05, 0.1) is 11.6 Å². The number of hydrogen-bond acceptors (Lipinski definition) is 2. The van der Waals surface area contributed by atoms with E-state index in [0.29, 0.717) is 11.3 Å². The number of carbonyl (C=O) groups is 1. The van der Waals surface area contributed by atoms with Crippen LogP contribution in [0.5, 0.6) is 0 Å². The van der Waals surface area contributed by atoms with Crippen molar-refractivity contribution in [2.75, 3.05) is 10.6 Å². The molecule has 0 heterocycles. The third-order valence-electron chi connectivity index (χ3n) is 2.87. The second-order valence-electron chi connectivity index (χ2n) is 4.32. The Hall–Kier alpha value is -2.80. The van der Waals surface area contributed by atoms with Gasteiger partial charge in [0.1, 0.15) is 0 Å². The van der Waals surface area contributed by atoms with Crippen LogP contribution in [0.25, 0.3) is 0 Å². The summed E-state index contributed by atoms with van der Waals surface area (Å²) in [5.41, 5.74) is 3.05. The molecule has 2 rings (SSSR count). The molecule has 2 amide bonds. The molecule has 100 valence electrons. The number of rotatable bonds is 3. The van der Waals surface area contributed by atoms with Crippen LogP contribution < -0.4 is 10.6 Å². The van der Waals surface area contributed by atoms with Crippen LogP contribution in [0.1, 0.15) is 18.1 Å². The van der Waals surface area contributed by atoms with Gasteiger partial charge in [0.25, 0.3) is 0 Å². The maximum atomic E-state index is 11.8. The van der Waals surface area contributed by atoms with Gasteiger partial charge in [0, 0.05) is 11.4 Å². The molecule has 0 atom stereocenters. The Balaban J connectivity index is 1.99. The van der Waals surface area contributed by atoms with Crippen molar-refractivity contribution in [1.82, 2.24) is 0 Å². The van der Waals surface area contributed by atoms with Crippen molar-refractivity contribution < 1.29 is 4.79 Å². The van der Waals surface area contributed by atoms with Gasteiger partial charge in [0.15, 0.2) is 0 Å². The van der Waals surface area contributed by atoms with Gasteiger partial charge in [-0.3, -0.25) is 0 Å². The van der Waals surface area contributed by atoms with Gasteiger partial charge in [0.2, 0.25) is 0 Å². The highest BCUT2D eigenvalue weighted by Crippen LogP contribution is 2.12. The van der Waals surface area contributed by atoms with Crippen LogP contribution in [0.4, 0.5) is 16.2 Å². The fourth-order valence-corrected chi connectivity index (χ4v) is 1.78. The van der Waals surface area contributed by atoms with E-state index in [1.54, 1.807) is 24.3 Å². The minimum atomic E-state index is -0.329. The maximum absolute atomic E-state index is 11.8. The fraction of sp³-hybridized carbons (Fsp3) is 0.125. The van der Waals surface area contributed by atoms with Crippen LogP contribution in [-0.2, 0) is 6.42 Å². The van der Waals surface area contributed by atoms with E-state index in [2.05, 4.69) is 17.6 Å². The number of aryl methyl sites for hydroxylation is 1. The second kappa shape index (κ2) is 6.39. The predicted molar refractivity (Wildman–Crippen MR) is 79.6 cm³/mol. The van der Waals surface area contributed by atoms with E-state index in [0.717, 1.165) is 12.1 Å². The quantitative estimate of drug-likeness (QED) is 0.887. The Labute approximate surface area is 118 Å². The first-order chi connectivity index (χ1) is 9.71. The van der Waals surface area contributed by atoms with Crippen LogP contribution in [0.15, 0.2) is 48.5 Å². The number of carbonyl (C=O) groups excluding carboxylic acids is 1. The van der Waals surface area contributed by atoms with E-state index >= 15 is 0 Å². The topological polar surface area (TPSA) is 64.9 Å². The van der Waals surface area contributed by atoms with E-state index in [1.165, 1.54) is 5.56 Å². The van der Waals surface area contributed by atoms with Gasteiger partial charge >= 0.3 is 6.03 Å². The molecule has 2 aromatic rings. The van der Waals surface area contributed by atoms with Crippen LogP contribution in [0, 0.1) is 11.3 Å². The molecule has 0 fully saturated rings. The molecule has 0 bridgehead atoms. The Morgan fingerprint density at radius 3 is 2.45 bits per heavy atom. The Morgan fingerprint density at radius 2 is 1.80 bits per heavy atom. The molecule has 0 aliphatic heterocycles. The van der Waals surface area contributed by atoms with Crippen molar-refractivity contribution in [2.24, 2.45) is 0 Å². The molecular weight excluding hydrogens is 250 g/mol. The molecule has 0 spiro atoms. The maximum Gasteiger partial charge on any atom is 0.323 e. The zero-order chi connectivity index (χ0) is 14.4. The lowest BCUT2D eigenvalue weighted by molar-refractivity contribution is 0.262. The molecule has 0 saturated carbocycles. The first-order valence-electron chi connectivity index (χ1n) is 6.38. The third-order valence-corrected chi connectivity index (χ3v) is 2.87. The molecule has 2 N–H and O–H groups in total. The average molecular weight is 265 g/mol. The van der Waals surface area contributed by atoms with Crippen molar-refractivity contribution in [3.8, 4) is 6.07 Å². The number of anilines is 2. The van der Waals surface area contributed by atoms with E-state index in [4.69, 9.17) is 5.26 Å². The van der Waals surface area contributed by atoms with Gasteiger partial charge in [-0.25, -0.2) is 4.79 Å². The van der Waals surface area contributed by atoms with E-state index in [1.807, 2.05) is 30.3 Å². The highest BCUT2D eigenvalue weighted by atomic mass is 16.2. The first kappa shape index (κ1) is 13.6. The minimum Gasteiger partial charge on any atom is -0.308 e. The van der Waals surface area contributed by atoms with E-state index in [9.17, 15) is 4.79 Å². The first-order valence-corrected chi connectivity index (χ1v) is 6.38. The Kier molecular flexibility index (Phi) is 4.35. The molecule has 0 radical (unpaired) electrons. The summed E-state index contributed by atoms with van der Waals surface area (Å²) in [4.78, 5) is 11.8. The fourth-order valence-electron chi connectivity index (χ4n) is 1.78. The summed E-state index contributed by atoms with van der Waals surface area (Å²) in [6.07, 6.45) is 0.966. The van der Waals surface area contributed by atoms with Crippen molar-refractivity contribution >= 4 is 17.4 Å². The minimum absolute atomic E-state index is 0.329. The number of amides is 2. The van der Waals surface area contributed by atoms with Crippen molar-refractivity contribution in [3.63, 3.8) is 0 Å². The summed E-state index contributed by atoms with van der Waals surface area (Å²) in [5, 5.41) is 14.2. The summed E-state index contributed by atoms with van der Waals surface area (Å²) in [7, 11) is 0. The highest BCUT2D eigenvalue weighted by molar-refractivity contribution is 5.99. The third kappa shape index (κ3) is 3.59. The van der Waals surface area contributed by atoms with Gasteiger partial charge in [-0.15, -0.1) is 0 Å². The number of nitrogens with one attached hydrogen (secondary N) is 2. The SMILES string of the molecule is CCc1ccc(NC(=O)Nc2cccc(C#N)c2)cc1. The van der Waals surface area contributed by atoms with Crippen LogP contribution >= 0.6 is 0 Å². The average Bonchev–Trinajstić information content (AvgIpc) is 2.48. The summed E-state index contributed by atoms with van der Waals surface area (Å²) in [6, 6.07) is 16.2. The predicted octanol–water partition coefficient (Wildman–Crippen LogP) is 3.76. The van der Waals surface area contributed by atoms with Gasteiger partial charge < -0.3 is 10.6 Å². The van der Waals surface area contributed by atoms with Gasteiger partial charge in [-0.05, 0) is 42.3 Å². The van der Waals surface area contributed by atoms with Crippen molar-refractivity contribution in [3.05, 3.63) is 59.7 Å². The Bertz CT molecular complexity index is 642. The number of urea groups is 1. The molecule has 4 nitrogen and oxygen atoms in total. The van der Waals surface area contributed by atoms with Crippen molar-refractivity contribution in [2.45, 2.75) is 13.3 Å². The summed E-state index contributed by atoms with van der Waals surface area (Å²) >= 11 is 0. The Morgan fingerprint density at radius 1 is 1.10 bits per heavy atom. The molecular formula is C16H15N3O. The van der Waals surface area contributed by atoms with Crippen molar-refractivity contribution in [1.29, 1.82) is 5.26 Å².